The molecule has 1 saturated heterocycles. The van der Waals surface area contributed by atoms with Gasteiger partial charge in [0.2, 0.25) is 5.91 Å². The van der Waals surface area contributed by atoms with Crippen LogP contribution in [0.5, 0.6) is 0 Å². The lowest BCUT2D eigenvalue weighted by Gasteiger charge is -2.15. The smallest absolute Gasteiger partial charge is 0.221 e. The third-order valence-electron chi connectivity index (χ3n) is 2.27. The lowest BCUT2D eigenvalue weighted by atomic mass is 10.1. The van der Waals surface area contributed by atoms with Crippen molar-refractivity contribution in [1.29, 1.82) is 0 Å². The van der Waals surface area contributed by atoms with E-state index >= 15 is 0 Å². The van der Waals surface area contributed by atoms with E-state index in [9.17, 15) is 4.79 Å². The summed E-state index contributed by atoms with van der Waals surface area (Å²) in [6.07, 6.45) is 7.29. The minimum absolute atomic E-state index is 0.115. The molecule has 70 valence electrons. The van der Waals surface area contributed by atoms with Crippen LogP contribution < -0.4 is 11.1 Å². The van der Waals surface area contributed by atoms with Gasteiger partial charge in [0.15, 0.2) is 0 Å². The maximum Gasteiger partial charge on any atom is 0.221 e. The molecule has 1 unspecified atom stereocenters. The summed E-state index contributed by atoms with van der Waals surface area (Å²) in [7, 11) is 0. The summed E-state index contributed by atoms with van der Waals surface area (Å²) >= 11 is 0. The first-order chi connectivity index (χ1) is 5.79. The Bertz CT molecular complexity index is 147. The van der Waals surface area contributed by atoms with Gasteiger partial charge in [-0.05, 0) is 12.8 Å². The van der Waals surface area contributed by atoms with Crippen LogP contribution in [-0.4, -0.2) is 12.1 Å². The van der Waals surface area contributed by atoms with E-state index in [1.807, 2.05) is 0 Å². The Morgan fingerprint density at radius 3 is 2.67 bits per heavy atom. The molecular weight excluding hydrogens is 152 g/mol. The number of nitrogens with one attached hydrogen (secondary N) is 1. The second-order valence-electron chi connectivity index (χ2n) is 3.48. The van der Waals surface area contributed by atoms with Gasteiger partial charge in [-0.1, -0.05) is 25.7 Å². The van der Waals surface area contributed by atoms with Gasteiger partial charge in [0.1, 0.15) is 0 Å². The van der Waals surface area contributed by atoms with E-state index in [0.717, 1.165) is 19.3 Å². The highest BCUT2D eigenvalue weighted by Crippen LogP contribution is 2.09. The van der Waals surface area contributed by atoms with E-state index in [1.165, 1.54) is 19.3 Å². The lowest BCUT2D eigenvalue weighted by Crippen LogP contribution is -2.41. The van der Waals surface area contributed by atoms with Crippen molar-refractivity contribution >= 4 is 5.91 Å². The first kappa shape index (κ1) is 9.52. The van der Waals surface area contributed by atoms with Gasteiger partial charge in [-0.3, -0.25) is 4.79 Å². The number of nitrogens with two attached hydrogens (primary N) is 1. The topological polar surface area (TPSA) is 55.1 Å². The van der Waals surface area contributed by atoms with E-state index in [1.54, 1.807) is 0 Å². The average Bonchev–Trinajstić information content (AvgIpc) is 2.02. The molecule has 1 heterocycles. The molecule has 1 fully saturated rings. The molecule has 3 heteroatoms. The standard InChI is InChI=1S/C9H18N2O/c10-8-6-4-2-1-3-5-7-9(12)11-8/h8H,1-7,10H2,(H,11,12). The summed E-state index contributed by atoms with van der Waals surface area (Å²) < 4.78 is 0. The Morgan fingerprint density at radius 1 is 1.17 bits per heavy atom. The number of rotatable bonds is 0. The first-order valence-electron chi connectivity index (χ1n) is 4.84. The molecule has 0 bridgehead atoms. The minimum Gasteiger partial charge on any atom is -0.341 e. The van der Waals surface area contributed by atoms with Crippen molar-refractivity contribution in [2.75, 3.05) is 0 Å². The molecule has 0 radical (unpaired) electrons. The summed E-state index contributed by atoms with van der Waals surface area (Å²) in [5.41, 5.74) is 5.68. The van der Waals surface area contributed by atoms with Gasteiger partial charge in [-0.25, -0.2) is 0 Å². The van der Waals surface area contributed by atoms with Gasteiger partial charge in [0.25, 0.3) is 0 Å². The summed E-state index contributed by atoms with van der Waals surface area (Å²) in [5, 5.41) is 2.79. The van der Waals surface area contributed by atoms with Gasteiger partial charge >= 0.3 is 0 Å². The summed E-state index contributed by atoms with van der Waals surface area (Å²) in [5.74, 6) is 0.115. The lowest BCUT2D eigenvalue weighted by molar-refractivity contribution is -0.122. The van der Waals surface area contributed by atoms with Crippen LogP contribution >= 0.6 is 0 Å². The Hall–Kier alpha value is -0.570. The Labute approximate surface area is 73.7 Å². The maximum atomic E-state index is 11.1. The van der Waals surface area contributed by atoms with Crippen LogP contribution in [0.4, 0.5) is 0 Å². The highest BCUT2D eigenvalue weighted by molar-refractivity contribution is 5.76. The minimum atomic E-state index is -0.115. The summed E-state index contributed by atoms with van der Waals surface area (Å²) in [6.45, 7) is 0. The SMILES string of the molecule is NC1CCCCCCCC(=O)N1. The van der Waals surface area contributed by atoms with Gasteiger partial charge in [0.05, 0.1) is 6.17 Å². The normalized spacial score (nSPS) is 27.8. The van der Waals surface area contributed by atoms with Crippen LogP contribution in [0, 0.1) is 0 Å². The predicted molar refractivity (Wildman–Crippen MR) is 48.4 cm³/mol. The molecule has 0 aromatic heterocycles. The van der Waals surface area contributed by atoms with E-state index in [2.05, 4.69) is 5.32 Å². The number of amides is 1. The van der Waals surface area contributed by atoms with Gasteiger partial charge < -0.3 is 11.1 Å². The van der Waals surface area contributed by atoms with Gasteiger partial charge in [-0.15, -0.1) is 0 Å². The third-order valence-corrected chi connectivity index (χ3v) is 2.27. The van der Waals surface area contributed by atoms with Crippen LogP contribution in [-0.2, 0) is 4.79 Å². The largest absolute Gasteiger partial charge is 0.341 e. The quantitative estimate of drug-likeness (QED) is 0.572. The van der Waals surface area contributed by atoms with Crippen molar-refractivity contribution in [2.24, 2.45) is 5.73 Å². The maximum absolute atomic E-state index is 11.1. The molecular formula is C9H18N2O. The number of hydrogen-bond donors (Lipinski definition) is 2. The molecule has 3 N–H and O–H groups in total. The van der Waals surface area contributed by atoms with Crippen molar-refractivity contribution in [3.63, 3.8) is 0 Å². The fourth-order valence-electron chi connectivity index (χ4n) is 1.53. The van der Waals surface area contributed by atoms with Gasteiger partial charge in [0, 0.05) is 6.42 Å². The molecule has 0 aromatic rings. The Balaban J connectivity index is 2.29. The molecule has 1 aliphatic heterocycles. The van der Waals surface area contributed by atoms with Crippen molar-refractivity contribution in [1.82, 2.24) is 5.32 Å². The zero-order valence-corrected chi connectivity index (χ0v) is 7.51. The highest BCUT2D eigenvalue weighted by atomic mass is 16.1. The number of carbonyl (C=O) groups is 1. The molecule has 1 atom stereocenters. The Morgan fingerprint density at radius 2 is 1.83 bits per heavy atom. The first-order valence-corrected chi connectivity index (χ1v) is 4.84. The predicted octanol–water partition coefficient (Wildman–Crippen LogP) is 1.13. The molecule has 0 saturated carbocycles. The fourth-order valence-corrected chi connectivity index (χ4v) is 1.53. The van der Waals surface area contributed by atoms with Crippen LogP contribution in [0.15, 0.2) is 0 Å². The van der Waals surface area contributed by atoms with Crippen molar-refractivity contribution in [2.45, 2.75) is 51.1 Å². The third kappa shape index (κ3) is 3.72. The average molecular weight is 170 g/mol. The van der Waals surface area contributed by atoms with E-state index in [-0.39, 0.29) is 12.1 Å². The van der Waals surface area contributed by atoms with Gasteiger partial charge in [-0.2, -0.15) is 0 Å². The molecule has 1 aliphatic rings. The van der Waals surface area contributed by atoms with E-state index in [0.29, 0.717) is 6.42 Å². The monoisotopic (exact) mass is 170 g/mol. The zero-order valence-electron chi connectivity index (χ0n) is 7.51. The summed E-state index contributed by atoms with van der Waals surface area (Å²) in [4.78, 5) is 11.1. The van der Waals surface area contributed by atoms with Crippen LogP contribution in [0.3, 0.4) is 0 Å². The van der Waals surface area contributed by atoms with Crippen LogP contribution in [0.2, 0.25) is 0 Å². The zero-order chi connectivity index (χ0) is 8.81. The van der Waals surface area contributed by atoms with E-state index in [4.69, 9.17) is 5.73 Å². The van der Waals surface area contributed by atoms with Crippen molar-refractivity contribution in [3.05, 3.63) is 0 Å². The fraction of sp³-hybridized carbons (Fsp3) is 0.889. The number of hydrogen-bond acceptors (Lipinski definition) is 2. The van der Waals surface area contributed by atoms with E-state index < -0.39 is 0 Å². The Kier molecular flexibility index (Phi) is 4.08. The molecule has 0 spiro atoms. The second kappa shape index (κ2) is 5.14. The molecule has 1 rings (SSSR count). The van der Waals surface area contributed by atoms with Crippen molar-refractivity contribution in [3.8, 4) is 0 Å². The molecule has 3 nitrogen and oxygen atoms in total. The number of carbonyl (C=O) groups excluding carboxylic acids is 1. The second-order valence-corrected chi connectivity index (χ2v) is 3.48. The highest BCUT2D eigenvalue weighted by Gasteiger charge is 2.08. The molecule has 1 amide bonds. The van der Waals surface area contributed by atoms with Crippen LogP contribution in [0.25, 0.3) is 0 Å². The molecule has 12 heavy (non-hydrogen) atoms. The molecule has 0 aromatic carbocycles. The van der Waals surface area contributed by atoms with Crippen molar-refractivity contribution < 1.29 is 4.79 Å². The summed E-state index contributed by atoms with van der Waals surface area (Å²) in [6, 6.07) is 0. The molecule has 0 aliphatic carbocycles. The van der Waals surface area contributed by atoms with Crippen LogP contribution in [0.1, 0.15) is 44.9 Å².